The molecule has 3 rings (SSSR count). The van der Waals surface area contributed by atoms with Gasteiger partial charge in [0.2, 0.25) is 0 Å². The quantitative estimate of drug-likeness (QED) is 0.739. The van der Waals surface area contributed by atoms with Gasteiger partial charge in [-0.3, -0.25) is 4.79 Å². The first kappa shape index (κ1) is 10.1. The summed E-state index contributed by atoms with van der Waals surface area (Å²) in [6.45, 7) is 4.05. The molecule has 0 heterocycles. The molecule has 0 aliphatic heterocycles. The molecule has 16 heavy (non-hydrogen) atoms. The predicted octanol–water partition coefficient (Wildman–Crippen LogP) is 3.19. The van der Waals surface area contributed by atoms with E-state index in [-0.39, 0.29) is 5.92 Å². The molecule has 3 unspecified atom stereocenters. The van der Waals surface area contributed by atoms with Crippen LogP contribution in [0.2, 0.25) is 0 Å². The number of carbonyl (C=O) groups excluding carboxylic acids is 1. The Balaban J connectivity index is 1.90. The number of benzene rings is 1. The largest absolute Gasteiger partial charge is 0.299 e. The highest BCUT2D eigenvalue weighted by atomic mass is 16.1. The van der Waals surface area contributed by atoms with Gasteiger partial charge in [0.05, 0.1) is 0 Å². The highest BCUT2D eigenvalue weighted by Gasteiger charge is 2.56. The van der Waals surface area contributed by atoms with Crippen LogP contribution in [0.25, 0.3) is 0 Å². The van der Waals surface area contributed by atoms with Crippen molar-refractivity contribution in [2.75, 3.05) is 0 Å². The number of hydrogen-bond acceptors (Lipinski definition) is 1. The summed E-state index contributed by atoms with van der Waals surface area (Å²) in [5, 5.41) is 0. The number of hydrogen-bond donors (Lipinski definition) is 0. The van der Waals surface area contributed by atoms with Gasteiger partial charge in [0, 0.05) is 11.8 Å². The summed E-state index contributed by atoms with van der Waals surface area (Å²) in [6.07, 6.45) is 2.38. The second-order valence-electron chi connectivity index (χ2n) is 5.51. The van der Waals surface area contributed by atoms with Crippen molar-refractivity contribution in [2.24, 2.45) is 17.8 Å². The van der Waals surface area contributed by atoms with Crippen LogP contribution >= 0.6 is 0 Å². The molecule has 1 aromatic rings. The lowest BCUT2D eigenvalue weighted by molar-refractivity contribution is -0.123. The zero-order chi connectivity index (χ0) is 11.3. The van der Waals surface area contributed by atoms with Gasteiger partial charge in [0.25, 0.3) is 0 Å². The molecule has 1 fully saturated rings. The van der Waals surface area contributed by atoms with Crippen LogP contribution < -0.4 is 0 Å². The Morgan fingerprint density at radius 1 is 1.31 bits per heavy atom. The third-order valence-corrected chi connectivity index (χ3v) is 4.23. The predicted molar refractivity (Wildman–Crippen MR) is 64.3 cm³/mol. The molecule has 0 amide bonds. The Hall–Kier alpha value is -1.11. The van der Waals surface area contributed by atoms with Crippen molar-refractivity contribution in [3.63, 3.8) is 0 Å². The summed E-state index contributed by atoms with van der Waals surface area (Å²) in [4.78, 5) is 12.1. The van der Waals surface area contributed by atoms with Gasteiger partial charge < -0.3 is 0 Å². The number of fused-ring (bicyclic) bond motifs is 3. The molecule has 3 atom stereocenters. The summed E-state index contributed by atoms with van der Waals surface area (Å²) in [7, 11) is 0. The fraction of sp³-hybridized carbons (Fsp3) is 0.533. The van der Waals surface area contributed by atoms with Crippen LogP contribution in [0.4, 0.5) is 0 Å². The van der Waals surface area contributed by atoms with E-state index in [1.165, 1.54) is 24.0 Å². The normalized spacial score (nSPS) is 30.8. The van der Waals surface area contributed by atoms with Crippen molar-refractivity contribution >= 4 is 5.78 Å². The molecule has 84 valence electrons. The van der Waals surface area contributed by atoms with Gasteiger partial charge in [-0.05, 0) is 35.8 Å². The van der Waals surface area contributed by atoms with Crippen LogP contribution in [-0.2, 0) is 11.2 Å². The van der Waals surface area contributed by atoms with Gasteiger partial charge in [-0.1, -0.05) is 38.1 Å². The van der Waals surface area contributed by atoms with E-state index in [1.807, 2.05) is 13.8 Å². The zero-order valence-electron chi connectivity index (χ0n) is 9.94. The van der Waals surface area contributed by atoms with Gasteiger partial charge in [-0.2, -0.15) is 0 Å². The maximum Gasteiger partial charge on any atom is 0.139 e. The third kappa shape index (κ3) is 1.34. The van der Waals surface area contributed by atoms with E-state index >= 15 is 0 Å². The van der Waals surface area contributed by atoms with Crippen molar-refractivity contribution in [3.05, 3.63) is 35.4 Å². The molecule has 2 aliphatic rings. The summed E-state index contributed by atoms with van der Waals surface area (Å²) < 4.78 is 0. The maximum absolute atomic E-state index is 12.1. The lowest BCUT2D eigenvalue weighted by Gasteiger charge is -2.13. The summed E-state index contributed by atoms with van der Waals surface area (Å²) in [5.74, 6) is 2.22. The van der Waals surface area contributed by atoms with Crippen molar-refractivity contribution in [1.29, 1.82) is 0 Å². The molecule has 0 radical (unpaired) electrons. The first-order valence-corrected chi connectivity index (χ1v) is 6.31. The fourth-order valence-corrected chi connectivity index (χ4v) is 3.34. The molecule has 0 saturated heterocycles. The summed E-state index contributed by atoms with van der Waals surface area (Å²) >= 11 is 0. The van der Waals surface area contributed by atoms with Crippen LogP contribution in [0.5, 0.6) is 0 Å². The minimum Gasteiger partial charge on any atom is -0.299 e. The SMILES string of the molecule is CC(C)C(=O)C1C2CCc3ccccc3C21. The number of rotatable bonds is 2. The van der Waals surface area contributed by atoms with E-state index < -0.39 is 0 Å². The van der Waals surface area contributed by atoms with Crippen molar-refractivity contribution < 1.29 is 4.79 Å². The van der Waals surface area contributed by atoms with E-state index in [9.17, 15) is 4.79 Å². The van der Waals surface area contributed by atoms with E-state index in [0.717, 1.165) is 0 Å². The summed E-state index contributed by atoms with van der Waals surface area (Å²) in [6, 6.07) is 8.66. The molecule has 1 saturated carbocycles. The topological polar surface area (TPSA) is 17.1 Å². The summed E-state index contributed by atoms with van der Waals surface area (Å²) in [5.41, 5.74) is 2.93. The van der Waals surface area contributed by atoms with E-state index in [0.29, 0.717) is 23.5 Å². The van der Waals surface area contributed by atoms with Gasteiger partial charge in [0.1, 0.15) is 5.78 Å². The Labute approximate surface area is 96.9 Å². The Morgan fingerprint density at radius 3 is 2.81 bits per heavy atom. The molecule has 0 aromatic heterocycles. The van der Waals surface area contributed by atoms with Crippen molar-refractivity contribution in [2.45, 2.75) is 32.6 Å². The molecule has 0 bridgehead atoms. The molecule has 0 spiro atoms. The Kier molecular flexibility index (Phi) is 2.17. The van der Waals surface area contributed by atoms with Crippen LogP contribution in [0.1, 0.15) is 37.3 Å². The average Bonchev–Trinajstić information content (AvgIpc) is 3.02. The van der Waals surface area contributed by atoms with Crippen LogP contribution in [-0.4, -0.2) is 5.78 Å². The number of aryl methyl sites for hydroxylation is 1. The standard InChI is InChI=1S/C15H18O/c1-9(2)15(16)14-12-8-7-10-5-3-4-6-11(10)13(12)14/h3-6,9,12-14H,7-8H2,1-2H3. The van der Waals surface area contributed by atoms with Crippen LogP contribution in [0.15, 0.2) is 24.3 Å². The van der Waals surface area contributed by atoms with Gasteiger partial charge in [0.15, 0.2) is 0 Å². The lowest BCUT2D eigenvalue weighted by atomic mass is 9.92. The second kappa shape index (κ2) is 3.44. The monoisotopic (exact) mass is 214 g/mol. The van der Waals surface area contributed by atoms with E-state index in [4.69, 9.17) is 0 Å². The molecule has 1 aromatic carbocycles. The number of ketones is 1. The average molecular weight is 214 g/mol. The van der Waals surface area contributed by atoms with Crippen molar-refractivity contribution in [3.8, 4) is 0 Å². The van der Waals surface area contributed by atoms with E-state index in [1.54, 1.807) is 0 Å². The Morgan fingerprint density at radius 2 is 2.06 bits per heavy atom. The molecule has 1 nitrogen and oxygen atoms in total. The minimum absolute atomic E-state index is 0.197. The fourth-order valence-electron chi connectivity index (χ4n) is 3.34. The zero-order valence-corrected chi connectivity index (χ0v) is 9.94. The highest BCUT2D eigenvalue weighted by molar-refractivity contribution is 5.87. The molecule has 0 N–H and O–H groups in total. The van der Waals surface area contributed by atoms with Gasteiger partial charge in [-0.15, -0.1) is 0 Å². The van der Waals surface area contributed by atoms with Gasteiger partial charge >= 0.3 is 0 Å². The molecular weight excluding hydrogens is 196 g/mol. The van der Waals surface area contributed by atoms with Crippen molar-refractivity contribution in [1.82, 2.24) is 0 Å². The van der Waals surface area contributed by atoms with Gasteiger partial charge in [-0.25, -0.2) is 0 Å². The third-order valence-electron chi connectivity index (χ3n) is 4.23. The molecule has 1 heteroatoms. The van der Waals surface area contributed by atoms with E-state index in [2.05, 4.69) is 24.3 Å². The molecule has 2 aliphatic carbocycles. The number of Topliss-reactive ketones (excluding diaryl/α,β-unsaturated/α-hetero) is 1. The highest BCUT2D eigenvalue weighted by Crippen LogP contribution is 2.60. The maximum atomic E-state index is 12.1. The molecular formula is C15H18O. The van der Waals surface area contributed by atoms with Crippen LogP contribution in [0.3, 0.4) is 0 Å². The minimum atomic E-state index is 0.197. The lowest BCUT2D eigenvalue weighted by Crippen LogP contribution is -2.10. The first-order chi connectivity index (χ1) is 7.70. The Bertz CT molecular complexity index is 433. The first-order valence-electron chi connectivity index (χ1n) is 6.31. The second-order valence-corrected chi connectivity index (χ2v) is 5.51. The van der Waals surface area contributed by atoms with Crippen LogP contribution in [0, 0.1) is 17.8 Å². The number of carbonyl (C=O) groups is 1. The smallest absolute Gasteiger partial charge is 0.139 e.